The molecule has 0 heterocycles. The smallest absolute Gasteiger partial charge is 0.173 e. The number of benzene rings is 2. The Morgan fingerprint density at radius 2 is 1.64 bits per heavy atom. The third-order valence-corrected chi connectivity index (χ3v) is 4.50. The van der Waals surface area contributed by atoms with Gasteiger partial charge in [0, 0.05) is 16.0 Å². The third kappa shape index (κ3) is 3.57. The summed E-state index contributed by atoms with van der Waals surface area (Å²) in [6.45, 7) is 5.85. The first-order chi connectivity index (χ1) is 10.4. The third-order valence-electron chi connectivity index (χ3n) is 3.42. The van der Waals surface area contributed by atoms with E-state index in [2.05, 4.69) is 0 Å². The van der Waals surface area contributed by atoms with Crippen LogP contribution in [0.1, 0.15) is 37.4 Å². The lowest BCUT2D eigenvalue weighted by atomic mass is 9.97. The highest BCUT2D eigenvalue weighted by Crippen LogP contribution is 2.25. The van der Waals surface area contributed by atoms with Crippen molar-refractivity contribution in [2.45, 2.75) is 25.7 Å². The molecule has 0 fully saturated rings. The number of rotatable bonds is 5. The van der Waals surface area contributed by atoms with Crippen LogP contribution in [-0.2, 0) is 0 Å². The van der Waals surface area contributed by atoms with Gasteiger partial charge in [0.2, 0.25) is 0 Å². The fourth-order valence-electron chi connectivity index (χ4n) is 2.60. The molecule has 0 radical (unpaired) electrons. The van der Waals surface area contributed by atoms with E-state index in [1.807, 2.05) is 32.9 Å². The largest absolute Gasteiger partial charge is 0.545 e. The molecular weight excluding hydrogens is 296 g/mol. The minimum Gasteiger partial charge on any atom is -0.545 e. The van der Waals surface area contributed by atoms with E-state index in [0.717, 1.165) is 22.3 Å². The minimum absolute atomic E-state index is 0.00755. The van der Waals surface area contributed by atoms with Gasteiger partial charge in [-0.05, 0) is 38.0 Å². The van der Waals surface area contributed by atoms with Gasteiger partial charge < -0.3 is 9.90 Å². The summed E-state index contributed by atoms with van der Waals surface area (Å²) in [6, 6.07) is 10.6. The first-order valence-electron chi connectivity index (χ1n) is 6.94. The van der Waals surface area contributed by atoms with Gasteiger partial charge in [-0.3, -0.25) is 4.79 Å². The molecule has 2 rings (SSSR count). The standard InChI is InChI=1S/C18H18O3S/c1-11-8-12(2)17(13(3)9-11)15(19)10-22-16-7-5-4-6-14(16)18(20)21/h4-9H,10H2,1-3H3,(H,20,21)/p-1. The van der Waals surface area contributed by atoms with E-state index in [1.165, 1.54) is 17.8 Å². The lowest BCUT2D eigenvalue weighted by Gasteiger charge is -2.12. The molecule has 0 N–H and O–H groups in total. The summed E-state index contributed by atoms with van der Waals surface area (Å²) < 4.78 is 0. The van der Waals surface area contributed by atoms with Crippen LogP contribution < -0.4 is 5.11 Å². The molecule has 0 saturated heterocycles. The molecule has 0 aliphatic heterocycles. The Bertz CT molecular complexity index is 712. The zero-order valence-electron chi connectivity index (χ0n) is 12.8. The van der Waals surface area contributed by atoms with E-state index >= 15 is 0 Å². The van der Waals surface area contributed by atoms with Gasteiger partial charge in [0.25, 0.3) is 0 Å². The van der Waals surface area contributed by atoms with Gasteiger partial charge in [-0.15, -0.1) is 11.8 Å². The van der Waals surface area contributed by atoms with Gasteiger partial charge in [-0.1, -0.05) is 35.9 Å². The van der Waals surface area contributed by atoms with Crippen LogP contribution in [0.2, 0.25) is 0 Å². The van der Waals surface area contributed by atoms with Crippen LogP contribution in [0.15, 0.2) is 41.3 Å². The Labute approximate surface area is 134 Å². The van der Waals surface area contributed by atoms with Crippen LogP contribution in [0.4, 0.5) is 0 Å². The molecule has 0 aromatic heterocycles. The second-order valence-electron chi connectivity index (χ2n) is 5.27. The second kappa shape index (κ2) is 6.79. The van der Waals surface area contributed by atoms with E-state index in [-0.39, 0.29) is 17.1 Å². The first-order valence-corrected chi connectivity index (χ1v) is 7.93. The van der Waals surface area contributed by atoms with Crippen LogP contribution in [-0.4, -0.2) is 17.5 Å². The predicted octanol–water partition coefficient (Wildman–Crippen LogP) is 2.95. The van der Waals surface area contributed by atoms with Crippen LogP contribution in [0.5, 0.6) is 0 Å². The van der Waals surface area contributed by atoms with E-state index in [9.17, 15) is 14.7 Å². The summed E-state index contributed by atoms with van der Waals surface area (Å²) in [6.07, 6.45) is 0. The molecule has 114 valence electrons. The predicted molar refractivity (Wildman–Crippen MR) is 86.5 cm³/mol. The molecule has 0 spiro atoms. The van der Waals surface area contributed by atoms with Crippen molar-refractivity contribution in [3.63, 3.8) is 0 Å². The highest BCUT2D eigenvalue weighted by molar-refractivity contribution is 8.00. The first kappa shape index (κ1) is 16.3. The highest BCUT2D eigenvalue weighted by Gasteiger charge is 2.14. The van der Waals surface area contributed by atoms with Gasteiger partial charge in [0.05, 0.1) is 11.7 Å². The Balaban J connectivity index is 2.20. The normalized spacial score (nSPS) is 10.5. The molecular formula is C18H17O3S-. The summed E-state index contributed by atoms with van der Waals surface area (Å²) in [5, 5.41) is 11.1. The maximum atomic E-state index is 12.5. The number of Topliss-reactive ketones (excluding diaryl/α,β-unsaturated/α-hetero) is 1. The maximum Gasteiger partial charge on any atom is 0.173 e. The Morgan fingerprint density at radius 3 is 2.23 bits per heavy atom. The molecule has 0 atom stereocenters. The molecule has 0 aliphatic carbocycles. The minimum atomic E-state index is -1.22. The van der Waals surface area contributed by atoms with E-state index in [1.54, 1.807) is 18.2 Å². The van der Waals surface area contributed by atoms with E-state index in [4.69, 9.17) is 0 Å². The van der Waals surface area contributed by atoms with Crippen molar-refractivity contribution in [1.82, 2.24) is 0 Å². The van der Waals surface area contributed by atoms with Gasteiger partial charge >= 0.3 is 0 Å². The van der Waals surface area contributed by atoms with Gasteiger partial charge in [0.15, 0.2) is 5.78 Å². The average molecular weight is 313 g/mol. The summed E-state index contributed by atoms with van der Waals surface area (Å²) in [5.41, 5.74) is 3.88. The molecule has 2 aromatic carbocycles. The lowest BCUT2D eigenvalue weighted by molar-refractivity contribution is -0.255. The van der Waals surface area contributed by atoms with Gasteiger partial charge in [-0.25, -0.2) is 0 Å². The number of hydrogen-bond donors (Lipinski definition) is 0. The summed E-state index contributed by atoms with van der Waals surface area (Å²) in [4.78, 5) is 24.1. The molecule has 22 heavy (non-hydrogen) atoms. The summed E-state index contributed by atoms with van der Waals surface area (Å²) in [5.74, 6) is -1.01. The molecule has 0 saturated carbocycles. The Hall–Kier alpha value is -2.07. The Kier molecular flexibility index (Phi) is 5.03. The van der Waals surface area contributed by atoms with Crippen molar-refractivity contribution in [3.8, 4) is 0 Å². The van der Waals surface area contributed by atoms with Crippen molar-refractivity contribution in [1.29, 1.82) is 0 Å². The highest BCUT2D eigenvalue weighted by atomic mass is 32.2. The zero-order chi connectivity index (χ0) is 16.3. The monoisotopic (exact) mass is 313 g/mol. The molecule has 0 amide bonds. The number of hydrogen-bond acceptors (Lipinski definition) is 4. The van der Waals surface area contributed by atoms with Gasteiger partial charge in [-0.2, -0.15) is 0 Å². The van der Waals surface area contributed by atoms with Gasteiger partial charge in [0.1, 0.15) is 0 Å². The lowest BCUT2D eigenvalue weighted by Crippen LogP contribution is -2.23. The second-order valence-corrected chi connectivity index (χ2v) is 6.29. The Morgan fingerprint density at radius 1 is 1.05 bits per heavy atom. The van der Waals surface area contributed by atoms with Crippen molar-refractivity contribution < 1.29 is 14.7 Å². The van der Waals surface area contributed by atoms with Crippen LogP contribution >= 0.6 is 11.8 Å². The number of carbonyl (C=O) groups excluding carboxylic acids is 2. The number of aromatic carboxylic acids is 1. The zero-order valence-corrected chi connectivity index (χ0v) is 13.6. The molecule has 4 heteroatoms. The fraction of sp³-hybridized carbons (Fsp3) is 0.222. The summed E-state index contributed by atoms with van der Waals surface area (Å²) in [7, 11) is 0. The van der Waals surface area contributed by atoms with Crippen molar-refractivity contribution in [3.05, 3.63) is 64.2 Å². The quantitative estimate of drug-likeness (QED) is 0.629. The number of carboxylic acid groups (broad SMARTS) is 1. The van der Waals surface area contributed by atoms with E-state index in [0.29, 0.717) is 4.90 Å². The maximum absolute atomic E-state index is 12.5. The molecule has 0 unspecified atom stereocenters. The van der Waals surface area contributed by atoms with E-state index < -0.39 is 5.97 Å². The number of carboxylic acids is 1. The molecule has 0 aliphatic rings. The number of ketones is 1. The molecule has 0 bridgehead atoms. The number of carbonyl (C=O) groups is 2. The van der Waals surface area contributed by atoms with Crippen molar-refractivity contribution in [2.75, 3.05) is 5.75 Å². The van der Waals surface area contributed by atoms with Crippen molar-refractivity contribution in [2.24, 2.45) is 0 Å². The van der Waals surface area contributed by atoms with Crippen LogP contribution in [0.3, 0.4) is 0 Å². The average Bonchev–Trinajstić information content (AvgIpc) is 2.44. The van der Waals surface area contributed by atoms with Crippen LogP contribution in [0, 0.1) is 20.8 Å². The SMILES string of the molecule is Cc1cc(C)c(C(=O)CSc2ccccc2C(=O)[O-])c(C)c1. The molecule has 3 nitrogen and oxygen atoms in total. The topological polar surface area (TPSA) is 57.2 Å². The summed E-state index contributed by atoms with van der Waals surface area (Å²) >= 11 is 1.23. The fourth-order valence-corrected chi connectivity index (χ4v) is 3.51. The van der Waals surface area contributed by atoms with Crippen molar-refractivity contribution >= 4 is 23.5 Å². The molecule has 2 aromatic rings. The number of aryl methyl sites for hydroxylation is 3. The number of thioether (sulfide) groups is 1. The van der Waals surface area contributed by atoms with Crippen LogP contribution in [0.25, 0.3) is 0 Å².